The van der Waals surface area contributed by atoms with Gasteiger partial charge in [-0.05, 0) is 6.92 Å². The fourth-order valence-corrected chi connectivity index (χ4v) is 5.67. The van der Waals surface area contributed by atoms with Crippen molar-refractivity contribution in [1.82, 2.24) is 9.88 Å². The van der Waals surface area contributed by atoms with Gasteiger partial charge in [0.25, 0.3) is 0 Å². The van der Waals surface area contributed by atoms with Crippen LogP contribution in [0.2, 0.25) is 0 Å². The van der Waals surface area contributed by atoms with E-state index in [0.29, 0.717) is 6.61 Å². The summed E-state index contributed by atoms with van der Waals surface area (Å²) in [7, 11) is 0. The molecule has 0 unspecified atom stereocenters. The van der Waals surface area contributed by atoms with E-state index in [-0.39, 0.29) is 32.5 Å². The number of para-hydroxylation sites is 1. The second-order valence-electron chi connectivity index (χ2n) is 8.03. The molecule has 162 valence electrons. The van der Waals surface area contributed by atoms with Crippen LogP contribution in [0.25, 0.3) is 20.1 Å². The normalized spacial score (nSPS) is 14.5. The van der Waals surface area contributed by atoms with Crippen LogP contribution in [-0.4, -0.2) is 56.2 Å². The maximum absolute atomic E-state index is 11.7. The van der Waals surface area contributed by atoms with Gasteiger partial charge in [0.05, 0.1) is 0 Å². The number of benzene rings is 2. The average molecular weight is 483 g/mol. The first kappa shape index (κ1) is 21.8. The Morgan fingerprint density at radius 2 is 1.90 bits per heavy atom. The van der Waals surface area contributed by atoms with Crippen molar-refractivity contribution in [3.05, 3.63) is 60.3 Å². The molecule has 2 aromatic carbocycles. The third-order valence-electron chi connectivity index (χ3n) is 5.21. The summed E-state index contributed by atoms with van der Waals surface area (Å²) in [5.41, 5.74) is 3.57. The van der Waals surface area contributed by atoms with Gasteiger partial charge in [-0.25, -0.2) is 0 Å². The van der Waals surface area contributed by atoms with Crippen LogP contribution in [0.4, 0.5) is 0 Å². The Morgan fingerprint density at radius 1 is 1.16 bits per heavy atom. The molecule has 4 rings (SSSR count). The van der Waals surface area contributed by atoms with Crippen LogP contribution < -0.4 is 4.74 Å². The van der Waals surface area contributed by atoms with Gasteiger partial charge in [0.15, 0.2) is 0 Å². The second-order valence-corrected chi connectivity index (χ2v) is 10.2. The Labute approximate surface area is 189 Å². The number of ether oxygens (including phenoxy) is 2. The molecule has 1 saturated heterocycles. The number of likely N-dealkylation sites (tertiary alicyclic amines) is 1. The molecular formula is C25H28N2O3Se. The van der Waals surface area contributed by atoms with Gasteiger partial charge in [0.2, 0.25) is 0 Å². The molecule has 0 spiro atoms. The number of rotatable bonds is 8. The van der Waals surface area contributed by atoms with Crippen LogP contribution in [0.15, 0.2) is 54.7 Å². The summed E-state index contributed by atoms with van der Waals surface area (Å²) in [6, 6.07) is 16.9. The number of hydrogen-bond donors (Lipinski definition) is 0. The summed E-state index contributed by atoms with van der Waals surface area (Å²) in [5, 5.41) is 0. The zero-order chi connectivity index (χ0) is 21.8. The van der Waals surface area contributed by atoms with Crippen LogP contribution in [0.3, 0.4) is 0 Å². The van der Waals surface area contributed by atoms with Crippen molar-refractivity contribution in [3.63, 3.8) is 0 Å². The summed E-state index contributed by atoms with van der Waals surface area (Å²) in [6.07, 6.45) is 2.13. The third kappa shape index (κ3) is 5.27. The fraction of sp³-hybridized carbons (Fsp3) is 0.360. The van der Waals surface area contributed by atoms with Gasteiger partial charge in [-0.2, -0.15) is 0 Å². The minimum absolute atomic E-state index is 0.0312. The van der Waals surface area contributed by atoms with Crippen LogP contribution >= 0.6 is 0 Å². The molecule has 0 radical (unpaired) electrons. The molecule has 1 fully saturated rings. The van der Waals surface area contributed by atoms with E-state index in [1.807, 2.05) is 45.2 Å². The Hall–Kier alpha value is -2.40. The summed E-state index contributed by atoms with van der Waals surface area (Å²) in [5.74, 6) is 0.864. The number of esters is 1. The second kappa shape index (κ2) is 9.82. The molecule has 5 nitrogen and oxygen atoms in total. The molecule has 0 amide bonds. The van der Waals surface area contributed by atoms with Gasteiger partial charge in [0, 0.05) is 0 Å². The standard InChI is InChI=1S/C25H28N2O3Se/c1-4-29-25(28)20-15-27(16-20)14-18-9-11-19(12-10-18)23-13-26-24(31-23)21-7-5-6-8-22(21)30-17(2)3/h5-13,17,20H,4,14-16H2,1-3H3. The minimum atomic E-state index is -0.0688. The van der Waals surface area contributed by atoms with E-state index in [2.05, 4.69) is 35.2 Å². The summed E-state index contributed by atoms with van der Waals surface area (Å²) in [4.78, 5) is 18.7. The molecule has 1 aliphatic rings. The molecule has 1 aromatic heterocycles. The SMILES string of the molecule is CCOC(=O)C1CN(Cc2ccc(-c3cnc(-c4ccccc4OC(C)C)[se]3)cc2)C1. The molecule has 1 aliphatic heterocycles. The predicted molar refractivity (Wildman–Crippen MR) is 123 cm³/mol. The van der Waals surface area contributed by atoms with Crippen molar-refractivity contribution in [3.8, 4) is 25.9 Å². The van der Waals surface area contributed by atoms with E-state index >= 15 is 0 Å². The van der Waals surface area contributed by atoms with Crippen molar-refractivity contribution in [2.24, 2.45) is 5.92 Å². The van der Waals surface area contributed by atoms with Crippen molar-refractivity contribution >= 4 is 20.5 Å². The zero-order valence-electron chi connectivity index (χ0n) is 18.2. The first-order valence-corrected chi connectivity index (χ1v) is 12.4. The number of carbonyl (C=O) groups is 1. The number of aromatic nitrogens is 1. The van der Waals surface area contributed by atoms with Crippen LogP contribution in [0, 0.1) is 5.92 Å². The van der Waals surface area contributed by atoms with E-state index < -0.39 is 0 Å². The van der Waals surface area contributed by atoms with E-state index in [9.17, 15) is 4.79 Å². The molecule has 2 heterocycles. The van der Waals surface area contributed by atoms with Crippen LogP contribution in [0.5, 0.6) is 5.75 Å². The van der Waals surface area contributed by atoms with Gasteiger partial charge in [-0.3, -0.25) is 0 Å². The Bertz CT molecular complexity index is 1020. The van der Waals surface area contributed by atoms with E-state index in [1.165, 1.54) is 15.6 Å². The van der Waals surface area contributed by atoms with Gasteiger partial charge in [0.1, 0.15) is 0 Å². The Morgan fingerprint density at radius 3 is 2.61 bits per heavy atom. The molecule has 0 bridgehead atoms. The molecule has 31 heavy (non-hydrogen) atoms. The summed E-state index contributed by atoms with van der Waals surface area (Å²) in [6.45, 7) is 8.82. The zero-order valence-corrected chi connectivity index (χ0v) is 19.9. The first-order chi connectivity index (χ1) is 15.0. The molecular weight excluding hydrogens is 455 g/mol. The molecule has 0 N–H and O–H groups in total. The molecule has 6 heteroatoms. The van der Waals surface area contributed by atoms with Crippen LogP contribution in [0.1, 0.15) is 26.3 Å². The van der Waals surface area contributed by atoms with Crippen molar-refractivity contribution in [1.29, 1.82) is 0 Å². The third-order valence-corrected chi connectivity index (χ3v) is 7.47. The molecule has 0 saturated carbocycles. The predicted octanol–water partition coefficient (Wildman–Crippen LogP) is 4.25. The maximum atomic E-state index is 11.7. The van der Waals surface area contributed by atoms with Gasteiger partial charge in [-0.1, -0.05) is 0 Å². The monoisotopic (exact) mass is 484 g/mol. The quantitative estimate of drug-likeness (QED) is 0.354. The topological polar surface area (TPSA) is 51.7 Å². The van der Waals surface area contributed by atoms with Crippen molar-refractivity contribution in [2.75, 3.05) is 19.7 Å². The number of hydrogen-bond acceptors (Lipinski definition) is 5. The van der Waals surface area contributed by atoms with Gasteiger partial charge in [-0.15, -0.1) is 0 Å². The molecule has 0 atom stereocenters. The molecule has 3 aromatic rings. The number of carbonyl (C=O) groups excluding carboxylic acids is 1. The number of nitrogens with zero attached hydrogens (tertiary/aromatic N) is 2. The fourth-order valence-electron chi connectivity index (χ4n) is 3.67. The Balaban J connectivity index is 1.40. The Kier molecular flexibility index (Phi) is 6.91. The van der Waals surface area contributed by atoms with Crippen molar-refractivity contribution in [2.45, 2.75) is 33.4 Å². The van der Waals surface area contributed by atoms with Crippen molar-refractivity contribution < 1.29 is 14.3 Å². The van der Waals surface area contributed by atoms with E-state index in [1.54, 1.807) is 0 Å². The molecule has 0 aliphatic carbocycles. The van der Waals surface area contributed by atoms with Gasteiger partial charge < -0.3 is 0 Å². The first-order valence-electron chi connectivity index (χ1n) is 10.7. The van der Waals surface area contributed by atoms with E-state index in [4.69, 9.17) is 14.5 Å². The van der Waals surface area contributed by atoms with Gasteiger partial charge >= 0.3 is 183 Å². The van der Waals surface area contributed by atoms with E-state index in [0.717, 1.165) is 35.5 Å². The average Bonchev–Trinajstić information content (AvgIpc) is 3.21. The van der Waals surface area contributed by atoms with Crippen LogP contribution in [-0.2, 0) is 16.1 Å². The summed E-state index contributed by atoms with van der Waals surface area (Å²) >= 11 is 0.141. The summed E-state index contributed by atoms with van der Waals surface area (Å²) < 4.78 is 13.5.